The molecule has 2 aromatic carbocycles. The molecule has 1 aromatic heterocycles. The number of aryl methyl sites for hydroxylation is 1. The first-order valence-corrected chi connectivity index (χ1v) is 9.74. The number of carbonyl (C=O) groups excluding carboxylic acids is 2. The number of nitrogens with one attached hydrogen (secondary N) is 1. The highest BCUT2D eigenvalue weighted by Crippen LogP contribution is 2.22. The molecule has 1 unspecified atom stereocenters. The number of rotatable bonds is 7. The minimum absolute atomic E-state index is 0.00126. The number of halogens is 1. The van der Waals surface area contributed by atoms with Gasteiger partial charge in [0.2, 0.25) is 0 Å². The second-order valence-corrected chi connectivity index (χ2v) is 6.94. The molecule has 0 radical (unpaired) electrons. The predicted octanol–water partition coefficient (Wildman–Crippen LogP) is 4.17. The fourth-order valence-corrected chi connectivity index (χ4v) is 3.01. The van der Waals surface area contributed by atoms with Gasteiger partial charge in [-0.15, -0.1) is 0 Å². The van der Waals surface area contributed by atoms with Gasteiger partial charge in [0.1, 0.15) is 23.7 Å². The fourth-order valence-electron chi connectivity index (χ4n) is 3.01. The van der Waals surface area contributed by atoms with Gasteiger partial charge in [-0.1, -0.05) is 35.9 Å². The highest BCUT2D eigenvalue weighted by Gasteiger charge is 2.25. The molecule has 3 aromatic rings. The average molecular weight is 420 g/mol. The third-order valence-electron chi connectivity index (χ3n) is 4.64. The van der Waals surface area contributed by atoms with Gasteiger partial charge < -0.3 is 14.5 Å². The third kappa shape index (κ3) is 5.37. The Hall–Kier alpha value is -3.92. The molecule has 0 aliphatic heterocycles. The van der Waals surface area contributed by atoms with E-state index in [4.69, 9.17) is 14.4 Å². The molecule has 1 heterocycles. The number of hydrogen-bond donors (Lipinski definition) is 1. The number of nitriles is 1. The molecular weight excluding hydrogens is 399 g/mol. The zero-order valence-corrected chi connectivity index (χ0v) is 17.1. The maximum atomic E-state index is 13.9. The number of esters is 1. The Morgan fingerprint density at radius 2 is 1.90 bits per heavy atom. The number of hydrogen-bond acceptors (Lipinski definition) is 5. The topological polar surface area (TPSA) is 92.3 Å². The smallest absolute Gasteiger partial charge is 0.328 e. The molecule has 0 aliphatic rings. The summed E-state index contributed by atoms with van der Waals surface area (Å²) in [5, 5.41) is 11.5. The van der Waals surface area contributed by atoms with Crippen molar-refractivity contribution in [2.75, 3.05) is 6.61 Å². The minimum atomic E-state index is -1.05. The van der Waals surface area contributed by atoms with E-state index < -0.39 is 23.7 Å². The van der Waals surface area contributed by atoms with Gasteiger partial charge in [-0.3, -0.25) is 4.79 Å². The molecule has 0 fully saturated rings. The zero-order valence-electron chi connectivity index (χ0n) is 17.1. The molecular formula is C24H21FN2O4. The lowest BCUT2D eigenvalue weighted by Crippen LogP contribution is -2.43. The molecule has 3 rings (SSSR count). The largest absolute Gasteiger partial charge is 0.464 e. The minimum Gasteiger partial charge on any atom is -0.464 e. The SMILES string of the molecule is CCOC(=O)C(Cc1ccc(C#N)c(F)c1)NC(=O)c1ccc(-c2ccc(C)cc2)o1. The van der Waals surface area contributed by atoms with Crippen molar-refractivity contribution in [1.29, 1.82) is 5.26 Å². The van der Waals surface area contributed by atoms with Crippen molar-refractivity contribution in [3.63, 3.8) is 0 Å². The van der Waals surface area contributed by atoms with E-state index in [1.54, 1.807) is 19.1 Å². The van der Waals surface area contributed by atoms with Gasteiger partial charge in [-0.2, -0.15) is 5.26 Å². The summed E-state index contributed by atoms with van der Waals surface area (Å²) >= 11 is 0. The summed E-state index contributed by atoms with van der Waals surface area (Å²) in [5.74, 6) is -1.37. The van der Waals surface area contributed by atoms with E-state index in [1.807, 2.05) is 31.2 Å². The van der Waals surface area contributed by atoms with Crippen molar-refractivity contribution in [3.05, 3.63) is 82.9 Å². The molecule has 1 N–H and O–H groups in total. The van der Waals surface area contributed by atoms with Crippen LogP contribution in [-0.4, -0.2) is 24.5 Å². The highest BCUT2D eigenvalue weighted by atomic mass is 19.1. The maximum Gasteiger partial charge on any atom is 0.328 e. The normalized spacial score (nSPS) is 11.4. The summed E-state index contributed by atoms with van der Waals surface area (Å²) < 4.78 is 24.6. The molecule has 1 atom stereocenters. The second-order valence-electron chi connectivity index (χ2n) is 6.94. The first kappa shape index (κ1) is 21.8. The molecule has 0 aliphatic carbocycles. The van der Waals surface area contributed by atoms with Gasteiger partial charge in [0.05, 0.1) is 12.2 Å². The molecule has 1 amide bonds. The van der Waals surface area contributed by atoms with Crippen molar-refractivity contribution >= 4 is 11.9 Å². The van der Waals surface area contributed by atoms with E-state index >= 15 is 0 Å². The Morgan fingerprint density at radius 1 is 1.16 bits per heavy atom. The van der Waals surface area contributed by atoms with Crippen LogP contribution in [0.15, 0.2) is 59.0 Å². The van der Waals surface area contributed by atoms with Crippen LogP contribution in [0.4, 0.5) is 4.39 Å². The number of carbonyl (C=O) groups is 2. The molecule has 31 heavy (non-hydrogen) atoms. The lowest BCUT2D eigenvalue weighted by atomic mass is 10.0. The Labute approximate surface area is 179 Å². The molecule has 6 nitrogen and oxygen atoms in total. The van der Waals surface area contributed by atoms with Crippen LogP contribution in [0.2, 0.25) is 0 Å². The van der Waals surface area contributed by atoms with Gasteiger partial charge in [0.25, 0.3) is 5.91 Å². The lowest BCUT2D eigenvalue weighted by molar-refractivity contribution is -0.145. The lowest BCUT2D eigenvalue weighted by Gasteiger charge is -2.17. The summed E-state index contributed by atoms with van der Waals surface area (Å²) in [6, 6.07) is 15.6. The summed E-state index contributed by atoms with van der Waals surface area (Å²) in [4.78, 5) is 25.1. The van der Waals surface area contributed by atoms with Crippen LogP contribution < -0.4 is 5.32 Å². The highest BCUT2D eigenvalue weighted by molar-refractivity contribution is 5.95. The number of furan rings is 1. The van der Waals surface area contributed by atoms with Crippen molar-refractivity contribution in [1.82, 2.24) is 5.32 Å². The van der Waals surface area contributed by atoms with E-state index in [9.17, 15) is 14.0 Å². The summed E-state index contributed by atoms with van der Waals surface area (Å²) in [7, 11) is 0. The maximum absolute atomic E-state index is 13.9. The van der Waals surface area contributed by atoms with Crippen LogP contribution in [-0.2, 0) is 16.0 Å². The third-order valence-corrected chi connectivity index (χ3v) is 4.64. The van der Waals surface area contributed by atoms with E-state index in [1.165, 1.54) is 24.3 Å². The van der Waals surface area contributed by atoms with Crippen LogP contribution in [0.1, 0.15) is 34.2 Å². The van der Waals surface area contributed by atoms with E-state index in [0.717, 1.165) is 11.1 Å². The molecule has 0 saturated heterocycles. The first-order chi connectivity index (χ1) is 14.9. The molecule has 0 bridgehead atoms. The van der Waals surface area contributed by atoms with E-state index in [-0.39, 0.29) is 24.4 Å². The van der Waals surface area contributed by atoms with Gasteiger partial charge in [0, 0.05) is 12.0 Å². The fraction of sp³-hybridized carbons (Fsp3) is 0.208. The second kappa shape index (κ2) is 9.72. The van der Waals surface area contributed by atoms with Crippen molar-refractivity contribution in [3.8, 4) is 17.4 Å². The first-order valence-electron chi connectivity index (χ1n) is 9.74. The van der Waals surface area contributed by atoms with E-state index in [2.05, 4.69) is 5.32 Å². The number of ether oxygens (including phenoxy) is 1. The van der Waals surface area contributed by atoms with Gasteiger partial charge in [-0.25, -0.2) is 9.18 Å². The summed E-state index contributed by atoms with van der Waals surface area (Å²) in [6.07, 6.45) is -0.00126. The Balaban J connectivity index is 1.77. The standard InChI is InChI=1S/C24H21FN2O4/c1-3-30-24(29)20(13-16-6-9-18(14-26)19(25)12-16)27-23(28)22-11-10-21(31-22)17-7-4-15(2)5-8-17/h4-12,20H,3,13H2,1-2H3,(H,27,28). The number of benzene rings is 2. The molecule has 7 heteroatoms. The Bertz CT molecular complexity index is 1130. The molecule has 0 spiro atoms. The molecule has 0 saturated carbocycles. The van der Waals surface area contributed by atoms with Crippen LogP contribution in [0.3, 0.4) is 0 Å². The van der Waals surface area contributed by atoms with Crippen molar-refractivity contribution in [2.24, 2.45) is 0 Å². The predicted molar refractivity (Wildman–Crippen MR) is 112 cm³/mol. The Kier molecular flexibility index (Phi) is 6.83. The van der Waals surface area contributed by atoms with Crippen LogP contribution in [0.5, 0.6) is 0 Å². The van der Waals surface area contributed by atoms with E-state index in [0.29, 0.717) is 11.3 Å². The average Bonchev–Trinajstić information content (AvgIpc) is 3.24. The number of amides is 1. The monoisotopic (exact) mass is 420 g/mol. The summed E-state index contributed by atoms with van der Waals surface area (Å²) in [6.45, 7) is 3.75. The zero-order chi connectivity index (χ0) is 22.4. The van der Waals surface area contributed by atoms with Crippen molar-refractivity contribution < 1.29 is 23.1 Å². The van der Waals surface area contributed by atoms with Gasteiger partial charge >= 0.3 is 5.97 Å². The van der Waals surface area contributed by atoms with Gasteiger partial charge in [0.15, 0.2) is 5.76 Å². The van der Waals surface area contributed by atoms with Crippen molar-refractivity contribution in [2.45, 2.75) is 26.3 Å². The quantitative estimate of drug-likeness (QED) is 0.579. The Morgan fingerprint density at radius 3 is 2.55 bits per heavy atom. The van der Waals surface area contributed by atoms with Crippen LogP contribution >= 0.6 is 0 Å². The summed E-state index contributed by atoms with van der Waals surface area (Å²) in [5.41, 5.74) is 2.26. The van der Waals surface area contributed by atoms with Crippen LogP contribution in [0.25, 0.3) is 11.3 Å². The molecule has 158 valence electrons. The number of nitrogens with zero attached hydrogens (tertiary/aromatic N) is 1. The van der Waals surface area contributed by atoms with Crippen LogP contribution in [0, 0.1) is 24.1 Å². The van der Waals surface area contributed by atoms with Gasteiger partial charge in [-0.05, 0) is 43.7 Å².